The van der Waals surface area contributed by atoms with Gasteiger partial charge in [-0.3, -0.25) is 4.79 Å². The first-order valence-electron chi connectivity index (χ1n) is 6.75. The normalized spacial score (nSPS) is 15.1. The lowest BCUT2D eigenvalue weighted by Crippen LogP contribution is -2.50. The number of Topliss-reactive ketones (excluding diaryl/α,β-unsaturated/α-hetero) is 1. The Morgan fingerprint density at radius 2 is 1.47 bits per heavy atom. The quantitative estimate of drug-likeness (QED) is 0.793. The van der Waals surface area contributed by atoms with Crippen LogP contribution in [0.2, 0.25) is 0 Å². The van der Waals surface area contributed by atoms with Crippen molar-refractivity contribution in [2.45, 2.75) is 79.8 Å². The van der Waals surface area contributed by atoms with Gasteiger partial charge >= 0.3 is 0 Å². The average Bonchev–Trinajstić information content (AvgIpc) is 2.07. The Bertz CT molecular complexity index is 243. The highest BCUT2D eigenvalue weighted by atomic mass is 16.1. The number of hydrogen-bond acceptors (Lipinski definition) is 2. The standard InChI is InChI=1S/C15H31NO/c1-11(2)9-10-12(16-15(6,7)8)13(17)14(3,4)5/h11-12,16H,9-10H2,1-8H3. The maximum atomic E-state index is 12.4. The van der Waals surface area contributed by atoms with Crippen LogP contribution >= 0.6 is 0 Å². The van der Waals surface area contributed by atoms with E-state index in [4.69, 9.17) is 0 Å². The molecule has 1 unspecified atom stereocenters. The fourth-order valence-electron chi connectivity index (χ4n) is 1.81. The molecule has 1 N–H and O–H groups in total. The van der Waals surface area contributed by atoms with E-state index in [-0.39, 0.29) is 17.0 Å². The Kier molecular flexibility index (Phi) is 5.86. The summed E-state index contributed by atoms with van der Waals surface area (Å²) in [4.78, 5) is 12.4. The molecule has 0 aromatic rings. The number of carbonyl (C=O) groups is 1. The van der Waals surface area contributed by atoms with Gasteiger partial charge in [-0.1, -0.05) is 34.6 Å². The van der Waals surface area contributed by atoms with Crippen molar-refractivity contribution in [1.82, 2.24) is 5.32 Å². The van der Waals surface area contributed by atoms with Crippen molar-refractivity contribution in [2.24, 2.45) is 11.3 Å². The molecular weight excluding hydrogens is 210 g/mol. The van der Waals surface area contributed by atoms with Crippen LogP contribution in [0.25, 0.3) is 0 Å². The maximum Gasteiger partial charge on any atom is 0.155 e. The van der Waals surface area contributed by atoms with E-state index in [1.165, 1.54) is 0 Å². The van der Waals surface area contributed by atoms with Crippen molar-refractivity contribution in [3.63, 3.8) is 0 Å². The lowest BCUT2D eigenvalue weighted by Gasteiger charge is -2.32. The van der Waals surface area contributed by atoms with E-state index in [1.54, 1.807) is 0 Å². The van der Waals surface area contributed by atoms with Crippen molar-refractivity contribution >= 4 is 5.78 Å². The molecule has 0 saturated carbocycles. The van der Waals surface area contributed by atoms with Crippen molar-refractivity contribution in [3.8, 4) is 0 Å². The van der Waals surface area contributed by atoms with Gasteiger partial charge in [0.1, 0.15) is 0 Å². The maximum absolute atomic E-state index is 12.4. The molecule has 17 heavy (non-hydrogen) atoms. The zero-order valence-corrected chi connectivity index (χ0v) is 13.0. The van der Waals surface area contributed by atoms with Gasteiger partial charge in [0, 0.05) is 11.0 Å². The third-order valence-corrected chi connectivity index (χ3v) is 2.70. The molecule has 0 aliphatic heterocycles. The topological polar surface area (TPSA) is 29.1 Å². The zero-order chi connectivity index (χ0) is 13.9. The molecule has 0 aliphatic rings. The second kappa shape index (κ2) is 5.99. The van der Waals surface area contributed by atoms with Gasteiger partial charge in [-0.05, 0) is 39.5 Å². The molecule has 0 fully saturated rings. The highest BCUT2D eigenvalue weighted by molar-refractivity contribution is 5.88. The van der Waals surface area contributed by atoms with Crippen LogP contribution in [-0.4, -0.2) is 17.4 Å². The first-order chi connectivity index (χ1) is 7.43. The van der Waals surface area contributed by atoms with Crippen LogP contribution in [0, 0.1) is 11.3 Å². The highest BCUT2D eigenvalue weighted by Gasteiger charge is 2.31. The molecule has 0 amide bonds. The Morgan fingerprint density at radius 1 is 1.00 bits per heavy atom. The van der Waals surface area contributed by atoms with Crippen molar-refractivity contribution in [2.75, 3.05) is 0 Å². The highest BCUT2D eigenvalue weighted by Crippen LogP contribution is 2.21. The second-order valence-electron chi connectivity index (χ2n) is 7.53. The molecule has 0 aliphatic carbocycles. The molecule has 0 aromatic heterocycles. The van der Waals surface area contributed by atoms with Crippen molar-refractivity contribution in [1.29, 1.82) is 0 Å². The van der Waals surface area contributed by atoms with Gasteiger partial charge in [0.2, 0.25) is 0 Å². The molecule has 0 saturated heterocycles. The van der Waals surface area contributed by atoms with Crippen LogP contribution in [0.4, 0.5) is 0 Å². The number of carbonyl (C=O) groups excluding carboxylic acids is 1. The molecule has 1 atom stereocenters. The minimum Gasteiger partial charge on any atom is -0.303 e. The van der Waals surface area contributed by atoms with Gasteiger partial charge in [0.25, 0.3) is 0 Å². The third-order valence-electron chi connectivity index (χ3n) is 2.70. The van der Waals surface area contributed by atoms with Crippen LogP contribution < -0.4 is 5.32 Å². The first-order valence-corrected chi connectivity index (χ1v) is 6.75. The fraction of sp³-hybridized carbons (Fsp3) is 0.933. The van der Waals surface area contributed by atoms with E-state index >= 15 is 0 Å². The van der Waals surface area contributed by atoms with E-state index in [0.717, 1.165) is 12.8 Å². The summed E-state index contributed by atoms with van der Waals surface area (Å²) in [7, 11) is 0. The molecule has 102 valence electrons. The van der Waals surface area contributed by atoms with E-state index in [1.807, 2.05) is 20.8 Å². The number of ketones is 1. The predicted molar refractivity (Wildman–Crippen MR) is 75.2 cm³/mol. The molecule has 0 radical (unpaired) electrons. The van der Waals surface area contributed by atoms with Crippen molar-refractivity contribution in [3.05, 3.63) is 0 Å². The van der Waals surface area contributed by atoms with Crippen LogP contribution in [0.1, 0.15) is 68.2 Å². The van der Waals surface area contributed by atoms with Crippen LogP contribution in [0.5, 0.6) is 0 Å². The monoisotopic (exact) mass is 241 g/mol. The SMILES string of the molecule is CC(C)CCC(NC(C)(C)C)C(=O)C(C)(C)C. The van der Waals surface area contributed by atoms with Gasteiger partial charge in [-0.25, -0.2) is 0 Å². The van der Waals surface area contributed by atoms with Gasteiger partial charge in [-0.15, -0.1) is 0 Å². The summed E-state index contributed by atoms with van der Waals surface area (Å²) >= 11 is 0. The summed E-state index contributed by atoms with van der Waals surface area (Å²) < 4.78 is 0. The van der Waals surface area contributed by atoms with Crippen molar-refractivity contribution < 1.29 is 4.79 Å². The summed E-state index contributed by atoms with van der Waals surface area (Å²) in [6.45, 7) is 16.8. The Hall–Kier alpha value is -0.370. The van der Waals surface area contributed by atoms with E-state index in [9.17, 15) is 4.79 Å². The molecular formula is C15H31NO. The Labute approximate surface area is 108 Å². The number of rotatable bonds is 5. The third kappa shape index (κ3) is 7.54. The average molecular weight is 241 g/mol. The molecule has 0 aromatic carbocycles. The number of nitrogens with one attached hydrogen (secondary N) is 1. The van der Waals surface area contributed by atoms with Gasteiger partial charge in [0.05, 0.1) is 6.04 Å². The Morgan fingerprint density at radius 3 is 1.76 bits per heavy atom. The summed E-state index contributed by atoms with van der Waals surface area (Å²) in [5.41, 5.74) is -0.275. The molecule has 0 spiro atoms. The lowest BCUT2D eigenvalue weighted by atomic mass is 9.83. The number of hydrogen-bond donors (Lipinski definition) is 1. The fourth-order valence-corrected chi connectivity index (χ4v) is 1.81. The summed E-state index contributed by atoms with van der Waals surface area (Å²) in [5, 5.41) is 3.47. The zero-order valence-electron chi connectivity index (χ0n) is 13.0. The lowest BCUT2D eigenvalue weighted by molar-refractivity contribution is -0.129. The summed E-state index contributed by atoms with van der Waals surface area (Å²) in [6.07, 6.45) is 2.03. The summed E-state index contributed by atoms with van der Waals surface area (Å²) in [5.74, 6) is 0.972. The molecule has 0 bridgehead atoms. The Balaban J connectivity index is 4.68. The molecule has 0 rings (SSSR count). The molecule has 2 heteroatoms. The molecule has 0 heterocycles. The predicted octanol–water partition coefficient (Wildman–Crippen LogP) is 3.79. The smallest absolute Gasteiger partial charge is 0.155 e. The van der Waals surface area contributed by atoms with Crippen LogP contribution in [-0.2, 0) is 4.79 Å². The van der Waals surface area contributed by atoms with E-state index in [0.29, 0.717) is 11.7 Å². The summed E-state index contributed by atoms with van der Waals surface area (Å²) in [6, 6.07) is -0.0163. The van der Waals surface area contributed by atoms with E-state index in [2.05, 4.69) is 39.9 Å². The van der Waals surface area contributed by atoms with Gasteiger partial charge in [-0.2, -0.15) is 0 Å². The minimum absolute atomic E-state index is 0.0114. The first kappa shape index (κ1) is 16.6. The molecule has 2 nitrogen and oxygen atoms in total. The second-order valence-corrected chi connectivity index (χ2v) is 7.53. The van der Waals surface area contributed by atoms with E-state index < -0.39 is 0 Å². The minimum atomic E-state index is -0.264. The van der Waals surface area contributed by atoms with Crippen LogP contribution in [0.3, 0.4) is 0 Å². The largest absolute Gasteiger partial charge is 0.303 e. The van der Waals surface area contributed by atoms with Crippen LogP contribution in [0.15, 0.2) is 0 Å². The van der Waals surface area contributed by atoms with Gasteiger partial charge in [0.15, 0.2) is 5.78 Å². The van der Waals surface area contributed by atoms with Gasteiger partial charge < -0.3 is 5.32 Å².